The summed E-state index contributed by atoms with van der Waals surface area (Å²) in [6, 6.07) is 15.2. The highest BCUT2D eigenvalue weighted by Crippen LogP contribution is 2.18. The fraction of sp³-hybridized carbons (Fsp3) is 0.235. The Morgan fingerprint density at radius 2 is 1.95 bits per heavy atom. The zero-order valence-corrected chi connectivity index (χ0v) is 12.1. The van der Waals surface area contributed by atoms with Gasteiger partial charge in [-0.1, -0.05) is 30.3 Å². The van der Waals surface area contributed by atoms with Crippen LogP contribution in [0.15, 0.2) is 48.5 Å². The van der Waals surface area contributed by atoms with Gasteiger partial charge in [0.1, 0.15) is 5.75 Å². The third-order valence-electron chi connectivity index (χ3n) is 3.20. The van der Waals surface area contributed by atoms with Crippen LogP contribution in [0.3, 0.4) is 0 Å². The smallest absolute Gasteiger partial charge is 0.251 e. The number of carbonyl (C=O) groups is 1. The van der Waals surface area contributed by atoms with Gasteiger partial charge in [0.2, 0.25) is 0 Å². The maximum absolute atomic E-state index is 12.1. The van der Waals surface area contributed by atoms with Crippen LogP contribution in [0, 0.1) is 0 Å². The summed E-state index contributed by atoms with van der Waals surface area (Å²) in [5.74, 6) is 0.457. The van der Waals surface area contributed by atoms with E-state index in [1.807, 2.05) is 18.2 Å². The van der Waals surface area contributed by atoms with E-state index >= 15 is 0 Å². The first-order valence-corrected chi connectivity index (χ1v) is 6.96. The lowest BCUT2D eigenvalue weighted by Crippen LogP contribution is -2.24. The zero-order valence-electron chi connectivity index (χ0n) is 12.1. The van der Waals surface area contributed by atoms with Crippen molar-refractivity contribution in [2.24, 2.45) is 0 Å². The van der Waals surface area contributed by atoms with Crippen molar-refractivity contribution >= 4 is 11.6 Å². The number of hydrogen-bond acceptors (Lipinski definition) is 3. The van der Waals surface area contributed by atoms with Crippen molar-refractivity contribution in [3.63, 3.8) is 0 Å². The summed E-state index contributed by atoms with van der Waals surface area (Å²) in [6.07, 6.45) is 1.84. The molecule has 0 aliphatic carbocycles. The minimum absolute atomic E-state index is 0.131. The Morgan fingerprint density at radius 1 is 1.19 bits per heavy atom. The Bertz CT molecular complexity index is 597. The molecule has 21 heavy (non-hydrogen) atoms. The van der Waals surface area contributed by atoms with Crippen molar-refractivity contribution in [1.82, 2.24) is 5.32 Å². The molecule has 2 aromatic carbocycles. The van der Waals surface area contributed by atoms with E-state index in [2.05, 4.69) is 17.4 Å². The van der Waals surface area contributed by atoms with Gasteiger partial charge >= 0.3 is 0 Å². The number of hydrogen-bond donors (Lipinski definition) is 2. The molecule has 0 fully saturated rings. The highest BCUT2D eigenvalue weighted by atomic mass is 16.5. The number of nitrogen functional groups attached to an aromatic ring is 1. The van der Waals surface area contributed by atoms with Crippen molar-refractivity contribution in [2.45, 2.75) is 12.8 Å². The highest BCUT2D eigenvalue weighted by Gasteiger charge is 2.07. The quantitative estimate of drug-likeness (QED) is 0.633. The van der Waals surface area contributed by atoms with Crippen LogP contribution in [0.1, 0.15) is 22.3 Å². The van der Waals surface area contributed by atoms with E-state index in [0.717, 1.165) is 12.8 Å². The van der Waals surface area contributed by atoms with Gasteiger partial charge in [-0.15, -0.1) is 0 Å². The Kier molecular flexibility index (Phi) is 5.21. The molecule has 4 heteroatoms. The van der Waals surface area contributed by atoms with E-state index in [1.54, 1.807) is 25.3 Å². The van der Waals surface area contributed by atoms with E-state index in [0.29, 0.717) is 23.5 Å². The second-order valence-electron chi connectivity index (χ2n) is 4.84. The lowest BCUT2D eigenvalue weighted by molar-refractivity contribution is 0.0953. The third kappa shape index (κ3) is 4.53. The van der Waals surface area contributed by atoms with E-state index in [9.17, 15) is 4.79 Å². The summed E-state index contributed by atoms with van der Waals surface area (Å²) in [4.78, 5) is 12.1. The summed E-state index contributed by atoms with van der Waals surface area (Å²) in [7, 11) is 1.55. The minimum atomic E-state index is -0.131. The molecule has 0 atom stereocenters. The topological polar surface area (TPSA) is 64.3 Å². The predicted molar refractivity (Wildman–Crippen MR) is 84.5 cm³/mol. The molecule has 0 unspecified atom stereocenters. The second-order valence-corrected chi connectivity index (χ2v) is 4.84. The first-order chi connectivity index (χ1) is 10.2. The molecule has 0 aliphatic rings. The maximum atomic E-state index is 12.1. The summed E-state index contributed by atoms with van der Waals surface area (Å²) >= 11 is 0. The number of rotatable bonds is 6. The fourth-order valence-electron chi connectivity index (χ4n) is 2.11. The monoisotopic (exact) mass is 284 g/mol. The van der Waals surface area contributed by atoms with Crippen LogP contribution in [-0.2, 0) is 6.42 Å². The highest BCUT2D eigenvalue weighted by molar-refractivity contribution is 5.95. The molecular formula is C17H20N2O2. The predicted octanol–water partition coefficient (Wildman–Crippen LogP) is 2.64. The molecule has 0 heterocycles. The molecule has 4 nitrogen and oxygen atoms in total. The number of ether oxygens (including phenoxy) is 1. The molecule has 0 aliphatic heterocycles. The average Bonchev–Trinajstić information content (AvgIpc) is 2.51. The SMILES string of the molecule is COc1cc(N)cc(C(=O)NCCCc2ccccc2)c1. The number of carbonyl (C=O) groups excluding carboxylic acids is 1. The summed E-state index contributed by atoms with van der Waals surface area (Å²) < 4.78 is 5.11. The van der Waals surface area contributed by atoms with Crippen LogP contribution in [0.5, 0.6) is 5.75 Å². The Hall–Kier alpha value is -2.49. The Morgan fingerprint density at radius 3 is 2.67 bits per heavy atom. The van der Waals surface area contributed by atoms with Gasteiger partial charge in [-0.3, -0.25) is 4.79 Å². The summed E-state index contributed by atoms with van der Waals surface area (Å²) in [5, 5.41) is 2.90. The van der Waals surface area contributed by atoms with Crippen molar-refractivity contribution in [2.75, 3.05) is 19.4 Å². The minimum Gasteiger partial charge on any atom is -0.497 e. The fourth-order valence-corrected chi connectivity index (χ4v) is 2.11. The molecule has 0 bridgehead atoms. The molecule has 3 N–H and O–H groups in total. The van der Waals surface area contributed by atoms with Crippen LogP contribution < -0.4 is 15.8 Å². The molecule has 0 radical (unpaired) electrons. The molecular weight excluding hydrogens is 264 g/mol. The lowest BCUT2D eigenvalue weighted by atomic mass is 10.1. The molecule has 0 saturated heterocycles. The van der Waals surface area contributed by atoms with Crippen molar-refractivity contribution < 1.29 is 9.53 Å². The normalized spacial score (nSPS) is 10.1. The molecule has 0 saturated carbocycles. The Labute approximate surface area is 124 Å². The van der Waals surface area contributed by atoms with Gasteiger partial charge in [0.25, 0.3) is 5.91 Å². The van der Waals surface area contributed by atoms with Crippen LogP contribution >= 0.6 is 0 Å². The molecule has 1 amide bonds. The lowest BCUT2D eigenvalue weighted by Gasteiger charge is -2.08. The van der Waals surface area contributed by atoms with E-state index in [1.165, 1.54) is 5.56 Å². The van der Waals surface area contributed by atoms with Gasteiger partial charge < -0.3 is 15.8 Å². The first-order valence-electron chi connectivity index (χ1n) is 6.96. The van der Waals surface area contributed by atoms with E-state index in [-0.39, 0.29) is 5.91 Å². The van der Waals surface area contributed by atoms with Crippen LogP contribution in [0.4, 0.5) is 5.69 Å². The van der Waals surface area contributed by atoms with Gasteiger partial charge in [0.15, 0.2) is 0 Å². The molecule has 110 valence electrons. The third-order valence-corrected chi connectivity index (χ3v) is 3.20. The molecule has 2 aromatic rings. The number of amides is 1. The van der Waals surface area contributed by atoms with Crippen molar-refractivity contribution in [3.05, 3.63) is 59.7 Å². The zero-order chi connectivity index (χ0) is 15.1. The van der Waals surface area contributed by atoms with Crippen molar-refractivity contribution in [1.29, 1.82) is 0 Å². The number of benzene rings is 2. The maximum Gasteiger partial charge on any atom is 0.251 e. The largest absolute Gasteiger partial charge is 0.497 e. The second kappa shape index (κ2) is 7.33. The standard InChI is InChI=1S/C17H20N2O2/c1-21-16-11-14(10-15(18)12-16)17(20)19-9-5-8-13-6-3-2-4-7-13/h2-4,6-7,10-12H,5,8-9,18H2,1H3,(H,19,20). The molecule has 0 spiro atoms. The molecule has 0 aromatic heterocycles. The van der Waals surface area contributed by atoms with E-state index in [4.69, 9.17) is 10.5 Å². The van der Waals surface area contributed by atoms with Gasteiger partial charge in [-0.2, -0.15) is 0 Å². The average molecular weight is 284 g/mol. The van der Waals surface area contributed by atoms with E-state index < -0.39 is 0 Å². The number of anilines is 1. The number of nitrogens with two attached hydrogens (primary N) is 1. The summed E-state index contributed by atoms with van der Waals surface area (Å²) in [5.41, 5.74) is 8.06. The van der Waals surface area contributed by atoms with Crippen LogP contribution in [0.25, 0.3) is 0 Å². The van der Waals surface area contributed by atoms with Gasteiger partial charge in [0.05, 0.1) is 7.11 Å². The number of nitrogens with one attached hydrogen (secondary N) is 1. The number of aryl methyl sites for hydroxylation is 1. The molecule has 2 rings (SSSR count). The van der Waals surface area contributed by atoms with Crippen LogP contribution in [-0.4, -0.2) is 19.6 Å². The summed E-state index contributed by atoms with van der Waals surface area (Å²) in [6.45, 7) is 0.630. The van der Waals surface area contributed by atoms with Gasteiger partial charge in [-0.25, -0.2) is 0 Å². The van der Waals surface area contributed by atoms with Crippen LogP contribution in [0.2, 0.25) is 0 Å². The van der Waals surface area contributed by atoms with Gasteiger partial charge in [0, 0.05) is 23.9 Å². The first kappa shape index (κ1) is 14.9. The van der Waals surface area contributed by atoms with Crippen molar-refractivity contribution in [3.8, 4) is 5.75 Å². The Balaban J connectivity index is 1.83. The number of methoxy groups -OCH3 is 1. The van der Waals surface area contributed by atoms with Gasteiger partial charge in [-0.05, 0) is 30.5 Å².